The summed E-state index contributed by atoms with van der Waals surface area (Å²) >= 11 is 0. The van der Waals surface area contributed by atoms with Gasteiger partial charge >= 0.3 is 0 Å². The van der Waals surface area contributed by atoms with E-state index in [0.29, 0.717) is 6.42 Å². The zero-order chi connectivity index (χ0) is 22.9. The molecule has 164 valence electrons. The lowest BCUT2D eigenvalue weighted by molar-refractivity contribution is 0.0745. The number of hydrogen-bond acceptors (Lipinski definition) is 2. The van der Waals surface area contributed by atoms with Crippen LogP contribution < -0.4 is 0 Å². The van der Waals surface area contributed by atoms with Crippen molar-refractivity contribution in [3.63, 3.8) is 0 Å². The van der Waals surface area contributed by atoms with E-state index in [0.717, 1.165) is 33.4 Å². The molecule has 0 N–H and O–H groups in total. The lowest BCUT2D eigenvalue weighted by Gasteiger charge is -2.38. The quantitative estimate of drug-likeness (QED) is 0.352. The Balaban J connectivity index is 1.56. The van der Waals surface area contributed by atoms with E-state index in [4.69, 9.17) is 0 Å². The number of benzene rings is 4. The predicted molar refractivity (Wildman–Crippen MR) is 132 cm³/mol. The zero-order valence-electron chi connectivity index (χ0n) is 18.7. The summed E-state index contributed by atoms with van der Waals surface area (Å²) in [6.45, 7) is 0. The molecule has 0 aliphatic heterocycles. The molecule has 4 aromatic carbocycles. The number of ketones is 2. The average molecular weight is 441 g/mol. The molecule has 2 heteroatoms. The third-order valence-corrected chi connectivity index (χ3v) is 8.59. The summed E-state index contributed by atoms with van der Waals surface area (Å²) in [6, 6.07) is 36.9. The third kappa shape index (κ3) is 2.41. The molecule has 34 heavy (non-hydrogen) atoms. The van der Waals surface area contributed by atoms with Crippen molar-refractivity contribution in [3.05, 3.63) is 143 Å². The highest BCUT2D eigenvalue weighted by molar-refractivity contribution is 6.10. The molecular formula is C32H24O2. The van der Waals surface area contributed by atoms with Crippen molar-refractivity contribution in [2.24, 2.45) is 11.3 Å². The molecule has 4 aromatic rings. The predicted octanol–water partition coefficient (Wildman–Crippen LogP) is 6.59. The maximum absolute atomic E-state index is 14.5. The Bertz CT molecular complexity index is 1440. The normalized spacial score (nSPS) is 28.7. The Labute approximate surface area is 199 Å². The summed E-state index contributed by atoms with van der Waals surface area (Å²) in [5.41, 5.74) is 5.43. The molecule has 1 fully saturated rings. The van der Waals surface area contributed by atoms with Crippen LogP contribution in [0.2, 0.25) is 0 Å². The van der Waals surface area contributed by atoms with Gasteiger partial charge < -0.3 is 0 Å². The fraction of sp³-hybridized carbons (Fsp3) is 0.188. The van der Waals surface area contributed by atoms with E-state index < -0.39 is 5.41 Å². The van der Waals surface area contributed by atoms with Crippen molar-refractivity contribution in [1.29, 1.82) is 0 Å². The Hall–Kier alpha value is -3.78. The fourth-order valence-electron chi connectivity index (χ4n) is 7.50. The SMILES string of the molecule is O=C1c2ccccc2[C@H]2[C@@H]1[C@H](c1ccccc1)[C@@]1(Cc3ccccc3C1=O)[C@H]2c1ccccc1. The Morgan fingerprint density at radius 2 is 1.09 bits per heavy atom. The number of carbonyl (C=O) groups is 2. The van der Waals surface area contributed by atoms with Crippen molar-refractivity contribution < 1.29 is 9.59 Å². The van der Waals surface area contributed by atoms with Gasteiger partial charge in [-0.1, -0.05) is 109 Å². The fourth-order valence-corrected chi connectivity index (χ4v) is 7.50. The summed E-state index contributed by atoms with van der Waals surface area (Å²) in [5, 5.41) is 0. The van der Waals surface area contributed by atoms with E-state index in [1.807, 2.05) is 60.7 Å². The number of fused-ring (bicyclic) bond motifs is 4. The van der Waals surface area contributed by atoms with Crippen molar-refractivity contribution >= 4 is 11.6 Å². The van der Waals surface area contributed by atoms with Crippen molar-refractivity contribution in [3.8, 4) is 0 Å². The van der Waals surface area contributed by atoms with Gasteiger partial charge in [-0.25, -0.2) is 0 Å². The molecule has 3 aliphatic rings. The van der Waals surface area contributed by atoms with Gasteiger partial charge in [-0.2, -0.15) is 0 Å². The second-order valence-electron chi connectivity index (χ2n) is 9.98. The first-order chi connectivity index (χ1) is 16.7. The largest absolute Gasteiger partial charge is 0.294 e. The van der Waals surface area contributed by atoms with Crippen LogP contribution in [0.15, 0.2) is 109 Å². The first kappa shape index (κ1) is 19.7. The van der Waals surface area contributed by atoms with E-state index in [2.05, 4.69) is 48.5 Å². The minimum atomic E-state index is -0.690. The lowest BCUT2D eigenvalue weighted by Crippen LogP contribution is -2.38. The summed E-state index contributed by atoms with van der Waals surface area (Å²) in [7, 11) is 0. The smallest absolute Gasteiger partial charge is 0.170 e. The lowest BCUT2D eigenvalue weighted by atomic mass is 9.62. The van der Waals surface area contributed by atoms with E-state index in [1.54, 1.807) is 0 Å². The highest BCUT2D eigenvalue weighted by atomic mass is 16.1. The zero-order valence-corrected chi connectivity index (χ0v) is 18.7. The molecule has 0 amide bonds. The van der Waals surface area contributed by atoms with Crippen LogP contribution >= 0.6 is 0 Å². The van der Waals surface area contributed by atoms with E-state index in [9.17, 15) is 9.59 Å². The van der Waals surface area contributed by atoms with Crippen LogP contribution in [0.5, 0.6) is 0 Å². The molecular weight excluding hydrogens is 416 g/mol. The monoisotopic (exact) mass is 440 g/mol. The summed E-state index contributed by atoms with van der Waals surface area (Å²) in [6.07, 6.45) is 0.670. The minimum absolute atomic E-state index is 0.0189. The molecule has 0 unspecified atom stereocenters. The van der Waals surface area contributed by atoms with E-state index in [-0.39, 0.29) is 35.2 Å². The molecule has 7 rings (SSSR count). The van der Waals surface area contributed by atoms with Gasteiger partial charge in [0.1, 0.15) is 0 Å². The Kier molecular flexibility index (Phi) is 4.11. The Morgan fingerprint density at radius 3 is 1.74 bits per heavy atom. The second-order valence-corrected chi connectivity index (χ2v) is 9.98. The van der Waals surface area contributed by atoms with Gasteiger partial charge in [0.05, 0.1) is 5.41 Å². The molecule has 1 saturated carbocycles. The minimum Gasteiger partial charge on any atom is -0.294 e. The molecule has 2 nitrogen and oxygen atoms in total. The molecule has 0 saturated heterocycles. The number of hydrogen-bond donors (Lipinski definition) is 0. The average Bonchev–Trinajstić information content (AvgIpc) is 3.46. The van der Waals surface area contributed by atoms with Crippen LogP contribution in [0.4, 0.5) is 0 Å². The molecule has 0 radical (unpaired) electrons. The van der Waals surface area contributed by atoms with Crippen molar-refractivity contribution in [2.45, 2.75) is 24.2 Å². The van der Waals surface area contributed by atoms with E-state index in [1.165, 1.54) is 0 Å². The molecule has 0 heterocycles. The molecule has 5 atom stereocenters. The number of rotatable bonds is 2. The van der Waals surface area contributed by atoms with Crippen LogP contribution in [0.1, 0.15) is 60.7 Å². The van der Waals surface area contributed by atoms with Crippen molar-refractivity contribution in [2.75, 3.05) is 0 Å². The molecule has 3 aliphatic carbocycles. The van der Waals surface area contributed by atoms with Crippen molar-refractivity contribution in [1.82, 2.24) is 0 Å². The third-order valence-electron chi connectivity index (χ3n) is 8.59. The van der Waals surface area contributed by atoms with Gasteiger partial charge in [-0.05, 0) is 28.7 Å². The Morgan fingerprint density at radius 1 is 0.559 bits per heavy atom. The molecule has 0 bridgehead atoms. The maximum atomic E-state index is 14.5. The van der Waals surface area contributed by atoms with Gasteiger partial charge in [0.2, 0.25) is 0 Å². The van der Waals surface area contributed by atoms with Crippen LogP contribution in [0.3, 0.4) is 0 Å². The molecule has 1 spiro atoms. The van der Waals surface area contributed by atoms with Gasteiger partial charge in [0.15, 0.2) is 11.6 Å². The highest BCUT2D eigenvalue weighted by Gasteiger charge is 2.70. The van der Waals surface area contributed by atoms with Gasteiger partial charge in [-0.3, -0.25) is 9.59 Å². The highest BCUT2D eigenvalue weighted by Crippen LogP contribution is 2.72. The number of carbonyl (C=O) groups excluding carboxylic acids is 2. The summed E-state index contributed by atoms with van der Waals surface area (Å²) in [5.74, 6) is -0.126. The van der Waals surface area contributed by atoms with E-state index >= 15 is 0 Å². The van der Waals surface area contributed by atoms with Crippen LogP contribution in [-0.4, -0.2) is 11.6 Å². The van der Waals surface area contributed by atoms with Gasteiger partial charge in [0.25, 0.3) is 0 Å². The topological polar surface area (TPSA) is 34.1 Å². The van der Waals surface area contributed by atoms with Gasteiger partial charge in [0, 0.05) is 34.8 Å². The van der Waals surface area contributed by atoms with Crippen LogP contribution in [0.25, 0.3) is 0 Å². The second kappa shape index (κ2) is 7.11. The first-order valence-electron chi connectivity index (χ1n) is 12.1. The number of Topliss-reactive ketones (excluding diaryl/α,β-unsaturated/α-hetero) is 2. The van der Waals surface area contributed by atoms with Crippen LogP contribution in [0, 0.1) is 11.3 Å². The van der Waals surface area contributed by atoms with Crippen LogP contribution in [-0.2, 0) is 6.42 Å². The maximum Gasteiger partial charge on any atom is 0.170 e. The summed E-state index contributed by atoms with van der Waals surface area (Å²) in [4.78, 5) is 28.6. The standard InChI is InChI=1S/C32H24O2/c33-30-25-18-10-9-17-24(25)26-27(30)29(21-13-5-2-6-14-21)32(28(26)20-11-3-1-4-12-20)19-22-15-7-8-16-23(22)31(32)34/h1-18,26-29H,19H2/t26-,27+,28-,29-,32+/m0/s1. The first-order valence-corrected chi connectivity index (χ1v) is 12.1. The van der Waals surface area contributed by atoms with Gasteiger partial charge in [-0.15, -0.1) is 0 Å². The summed E-state index contributed by atoms with van der Waals surface area (Å²) < 4.78 is 0. The molecule has 0 aromatic heterocycles.